The van der Waals surface area contributed by atoms with Crippen LogP contribution in [-0.4, -0.2) is 0 Å². The van der Waals surface area contributed by atoms with E-state index in [0.29, 0.717) is 0 Å². The molecule has 0 aliphatic rings. The van der Waals surface area contributed by atoms with Gasteiger partial charge in [0.15, 0.2) is 0 Å². The summed E-state index contributed by atoms with van der Waals surface area (Å²) in [5, 5.41) is 0. The van der Waals surface area contributed by atoms with Crippen molar-refractivity contribution in [3.63, 3.8) is 0 Å². The standard InChI is InChI=1S/C12H17/c1-3-6-11-8-5-9-12(10-11)7-4-2/h5,8-9H,3-4,6-7H2,1-2H3. The quantitative estimate of drug-likeness (QED) is 0.635. The van der Waals surface area contributed by atoms with E-state index < -0.39 is 0 Å². The zero-order valence-electron chi connectivity index (χ0n) is 8.06. The maximum absolute atomic E-state index is 3.45. The van der Waals surface area contributed by atoms with Crippen molar-refractivity contribution in [2.45, 2.75) is 39.5 Å². The van der Waals surface area contributed by atoms with Crippen LogP contribution in [0.25, 0.3) is 0 Å². The second kappa shape index (κ2) is 4.97. The van der Waals surface area contributed by atoms with Gasteiger partial charge in [-0.3, -0.25) is 0 Å². The highest BCUT2D eigenvalue weighted by Gasteiger charge is 1.94. The molecule has 0 aliphatic carbocycles. The molecular formula is C12H17. The topological polar surface area (TPSA) is 0 Å². The maximum atomic E-state index is 3.45. The smallest absolute Gasteiger partial charge is 0.0114 e. The fourth-order valence-corrected chi connectivity index (χ4v) is 1.40. The summed E-state index contributed by atoms with van der Waals surface area (Å²) >= 11 is 0. The first kappa shape index (κ1) is 9.31. The number of rotatable bonds is 4. The van der Waals surface area contributed by atoms with Gasteiger partial charge in [-0.05, 0) is 30.0 Å². The lowest BCUT2D eigenvalue weighted by Gasteiger charge is -2.01. The Balaban J connectivity index is 2.67. The van der Waals surface area contributed by atoms with Crippen LogP contribution in [0.4, 0.5) is 0 Å². The first-order valence-corrected chi connectivity index (χ1v) is 4.87. The maximum Gasteiger partial charge on any atom is -0.0114 e. The molecular weight excluding hydrogens is 144 g/mol. The molecule has 0 heterocycles. The predicted molar refractivity (Wildman–Crippen MR) is 53.3 cm³/mol. The van der Waals surface area contributed by atoms with Crippen LogP contribution in [-0.2, 0) is 12.8 Å². The van der Waals surface area contributed by atoms with Gasteiger partial charge in [-0.25, -0.2) is 0 Å². The fraction of sp³-hybridized carbons (Fsp3) is 0.500. The van der Waals surface area contributed by atoms with Crippen LogP contribution < -0.4 is 0 Å². The fourth-order valence-electron chi connectivity index (χ4n) is 1.40. The molecule has 1 aromatic carbocycles. The molecule has 0 fully saturated rings. The molecule has 0 saturated heterocycles. The van der Waals surface area contributed by atoms with Crippen LogP contribution in [0, 0.1) is 6.07 Å². The number of hydrogen-bond donors (Lipinski definition) is 0. The highest BCUT2D eigenvalue weighted by Crippen LogP contribution is 2.08. The Morgan fingerprint density at radius 1 is 1.00 bits per heavy atom. The van der Waals surface area contributed by atoms with E-state index in [1.54, 1.807) is 0 Å². The van der Waals surface area contributed by atoms with Crippen molar-refractivity contribution in [1.29, 1.82) is 0 Å². The van der Waals surface area contributed by atoms with Gasteiger partial charge in [-0.15, -0.1) is 0 Å². The lowest BCUT2D eigenvalue weighted by molar-refractivity contribution is 0.892. The molecule has 1 radical (unpaired) electrons. The second-order valence-electron chi connectivity index (χ2n) is 3.20. The summed E-state index contributed by atoms with van der Waals surface area (Å²) < 4.78 is 0. The van der Waals surface area contributed by atoms with Crippen molar-refractivity contribution >= 4 is 0 Å². The molecule has 0 saturated carbocycles. The third-order valence-electron chi connectivity index (χ3n) is 1.95. The van der Waals surface area contributed by atoms with Crippen molar-refractivity contribution in [3.05, 3.63) is 35.4 Å². The molecule has 0 aliphatic heterocycles. The Bertz CT molecular complexity index is 204. The normalized spacial score (nSPS) is 10.2. The molecule has 1 aromatic rings. The summed E-state index contributed by atoms with van der Waals surface area (Å²) in [6.07, 6.45) is 4.76. The van der Waals surface area contributed by atoms with Crippen LogP contribution in [0.15, 0.2) is 18.2 Å². The zero-order chi connectivity index (χ0) is 8.81. The number of hydrogen-bond acceptors (Lipinski definition) is 0. The summed E-state index contributed by atoms with van der Waals surface area (Å²) in [6.45, 7) is 4.42. The highest BCUT2D eigenvalue weighted by molar-refractivity contribution is 5.21. The van der Waals surface area contributed by atoms with Crippen molar-refractivity contribution in [2.75, 3.05) is 0 Å². The molecule has 0 spiro atoms. The molecule has 0 unspecified atom stereocenters. The second-order valence-corrected chi connectivity index (χ2v) is 3.20. The number of aryl methyl sites for hydroxylation is 2. The lowest BCUT2D eigenvalue weighted by atomic mass is 10.0. The molecule has 1 rings (SSSR count). The van der Waals surface area contributed by atoms with Crippen LogP contribution in [0.1, 0.15) is 37.8 Å². The van der Waals surface area contributed by atoms with Gasteiger partial charge in [-0.1, -0.05) is 44.9 Å². The van der Waals surface area contributed by atoms with Crippen molar-refractivity contribution in [1.82, 2.24) is 0 Å². The molecule has 0 aromatic heterocycles. The van der Waals surface area contributed by atoms with E-state index in [0.717, 1.165) is 12.8 Å². The zero-order valence-corrected chi connectivity index (χ0v) is 8.06. The Morgan fingerprint density at radius 2 is 1.50 bits per heavy atom. The Kier molecular flexibility index (Phi) is 3.86. The Morgan fingerprint density at radius 3 is 1.92 bits per heavy atom. The third kappa shape index (κ3) is 2.69. The summed E-state index contributed by atoms with van der Waals surface area (Å²) in [7, 11) is 0. The van der Waals surface area contributed by atoms with E-state index in [1.807, 2.05) is 0 Å². The Labute approximate surface area is 75.6 Å². The first-order chi connectivity index (χ1) is 5.86. The van der Waals surface area contributed by atoms with Crippen molar-refractivity contribution < 1.29 is 0 Å². The molecule has 0 heteroatoms. The largest absolute Gasteiger partial charge is 0.0651 e. The third-order valence-corrected chi connectivity index (χ3v) is 1.95. The molecule has 0 N–H and O–H groups in total. The van der Waals surface area contributed by atoms with Gasteiger partial charge in [0.25, 0.3) is 0 Å². The minimum atomic E-state index is 1.16. The number of benzene rings is 1. The van der Waals surface area contributed by atoms with E-state index >= 15 is 0 Å². The van der Waals surface area contributed by atoms with Crippen LogP contribution in [0.5, 0.6) is 0 Å². The van der Waals surface area contributed by atoms with E-state index in [9.17, 15) is 0 Å². The van der Waals surface area contributed by atoms with E-state index in [4.69, 9.17) is 0 Å². The van der Waals surface area contributed by atoms with Crippen LogP contribution in [0.2, 0.25) is 0 Å². The van der Waals surface area contributed by atoms with Crippen LogP contribution >= 0.6 is 0 Å². The molecule has 0 nitrogen and oxygen atoms in total. The minimum Gasteiger partial charge on any atom is -0.0651 e. The van der Waals surface area contributed by atoms with E-state index in [-0.39, 0.29) is 0 Å². The predicted octanol–water partition coefficient (Wildman–Crippen LogP) is 3.39. The monoisotopic (exact) mass is 161 g/mol. The van der Waals surface area contributed by atoms with E-state index in [2.05, 4.69) is 38.1 Å². The molecule has 0 atom stereocenters. The average molecular weight is 161 g/mol. The average Bonchev–Trinajstić information content (AvgIpc) is 2.06. The molecule has 0 bridgehead atoms. The first-order valence-electron chi connectivity index (χ1n) is 4.87. The van der Waals surface area contributed by atoms with Crippen molar-refractivity contribution in [3.8, 4) is 0 Å². The molecule has 65 valence electrons. The van der Waals surface area contributed by atoms with Gasteiger partial charge in [0.1, 0.15) is 0 Å². The Hall–Kier alpha value is -0.780. The molecule has 12 heavy (non-hydrogen) atoms. The van der Waals surface area contributed by atoms with E-state index in [1.165, 1.54) is 24.0 Å². The highest BCUT2D eigenvalue weighted by atomic mass is 14.0. The molecule has 0 amide bonds. The van der Waals surface area contributed by atoms with Gasteiger partial charge < -0.3 is 0 Å². The minimum absolute atomic E-state index is 1.16. The summed E-state index contributed by atoms with van der Waals surface area (Å²) in [4.78, 5) is 0. The SMILES string of the molecule is CCCc1[c]c(CCC)ccc1. The summed E-state index contributed by atoms with van der Waals surface area (Å²) in [6, 6.07) is 9.93. The van der Waals surface area contributed by atoms with Gasteiger partial charge >= 0.3 is 0 Å². The van der Waals surface area contributed by atoms with Gasteiger partial charge in [0.2, 0.25) is 0 Å². The van der Waals surface area contributed by atoms with Gasteiger partial charge in [-0.2, -0.15) is 0 Å². The lowest BCUT2D eigenvalue weighted by Crippen LogP contribution is -1.88. The van der Waals surface area contributed by atoms with Gasteiger partial charge in [0.05, 0.1) is 0 Å². The van der Waals surface area contributed by atoms with Crippen molar-refractivity contribution in [2.24, 2.45) is 0 Å². The van der Waals surface area contributed by atoms with Gasteiger partial charge in [0, 0.05) is 0 Å². The summed E-state index contributed by atoms with van der Waals surface area (Å²) in [5.74, 6) is 0. The summed E-state index contributed by atoms with van der Waals surface area (Å²) in [5.41, 5.74) is 2.73. The van der Waals surface area contributed by atoms with Crippen LogP contribution in [0.3, 0.4) is 0 Å².